The summed E-state index contributed by atoms with van der Waals surface area (Å²) in [6.07, 6.45) is 2.58. The van der Waals surface area contributed by atoms with Crippen molar-refractivity contribution in [3.8, 4) is 5.75 Å². The van der Waals surface area contributed by atoms with Crippen LogP contribution < -0.4 is 4.74 Å². The summed E-state index contributed by atoms with van der Waals surface area (Å²) in [6, 6.07) is 13.9. The SMILES string of the molecule is COc1ccc(CCC2=N/C(=C\c3ccccc3F)C(=O)O2)cc1. The highest BCUT2D eigenvalue weighted by molar-refractivity contribution is 6.07. The van der Waals surface area contributed by atoms with Crippen molar-refractivity contribution in [1.82, 2.24) is 0 Å². The third kappa shape index (κ3) is 3.68. The maximum absolute atomic E-state index is 13.6. The number of esters is 1. The predicted molar refractivity (Wildman–Crippen MR) is 89.2 cm³/mol. The summed E-state index contributed by atoms with van der Waals surface area (Å²) in [7, 11) is 1.62. The van der Waals surface area contributed by atoms with Crippen LogP contribution in [0.25, 0.3) is 6.08 Å². The van der Waals surface area contributed by atoms with Gasteiger partial charge in [-0.2, -0.15) is 0 Å². The van der Waals surface area contributed by atoms with E-state index in [1.807, 2.05) is 24.3 Å². The summed E-state index contributed by atoms with van der Waals surface area (Å²) in [4.78, 5) is 16.0. The van der Waals surface area contributed by atoms with E-state index in [9.17, 15) is 9.18 Å². The molecule has 0 saturated heterocycles. The lowest BCUT2D eigenvalue weighted by atomic mass is 10.1. The fourth-order valence-corrected chi connectivity index (χ4v) is 2.34. The quantitative estimate of drug-likeness (QED) is 0.621. The van der Waals surface area contributed by atoms with Gasteiger partial charge in [0, 0.05) is 12.0 Å². The van der Waals surface area contributed by atoms with E-state index in [0.29, 0.717) is 24.3 Å². The highest BCUT2D eigenvalue weighted by Gasteiger charge is 2.22. The van der Waals surface area contributed by atoms with Crippen LogP contribution in [-0.4, -0.2) is 19.0 Å². The molecule has 4 nitrogen and oxygen atoms in total. The third-order valence-corrected chi connectivity index (χ3v) is 3.65. The molecule has 1 aliphatic heterocycles. The van der Waals surface area contributed by atoms with E-state index >= 15 is 0 Å². The summed E-state index contributed by atoms with van der Waals surface area (Å²) < 4.78 is 23.9. The minimum atomic E-state index is -0.553. The molecule has 1 aliphatic rings. The Morgan fingerprint density at radius 1 is 1.12 bits per heavy atom. The maximum Gasteiger partial charge on any atom is 0.363 e. The first-order chi connectivity index (χ1) is 11.7. The van der Waals surface area contributed by atoms with Crippen LogP contribution in [0.15, 0.2) is 59.2 Å². The minimum Gasteiger partial charge on any atom is -0.497 e. The lowest BCUT2D eigenvalue weighted by Crippen LogP contribution is -2.05. The second-order valence-electron chi connectivity index (χ2n) is 5.29. The molecule has 0 aliphatic carbocycles. The molecule has 0 saturated carbocycles. The monoisotopic (exact) mass is 325 g/mol. The van der Waals surface area contributed by atoms with Crippen LogP contribution in [0.4, 0.5) is 4.39 Å². The van der Waals surface area contributed by atoms with Gasteiger partial charge in [0.2, 0.25) is 0 Å². The number of hydrogen-bond donors (Lipinski definition) is 0. The zero-order valence-electron chi connectivity index (χ0n) is 13.2. The normalized spacial score (nSPS) is 15.3. The highest BCUT2D eigenvalue weighted by atomic mass is 19.1. The second-order valence-corrected chi connectivity index (χ2v) is 5.29. The molecular weight excluding hydrogens is 309 g/mol. The van der Waals surface area contributed by atoms with Crippen molar-refractivity contribution in [3.63, 3.8) is 0 Å². The van der Waals surface area contributed by atoms with Gasteiger partial charge in [0.1, 0.15) is 11.6 Å². The van der Waals surface area contributed by atoms with Gasteiger partial charge in [0.05, 0.1) is 7.11 Å². The van der Waals surface area contributed by atoms with Gasteiger partial charge in [0.15, 0.2) is 11.6 Å². The van der Waals surface area contributed by atoms with E-state index in [0.717, 1.165) is 11.3 Å². The van der Waals surface area contributed by atoms with E-state index < -0.39 is 11.8 Å². The molecule has 24 heavy (non-hydrogen) atoms. The largest absolute Gasteiger partial charge is 0.497 e. The number of nitrogens with zero attached hydrogens (tertiary/aromatic N) is 1. The van der Waals surface area contributed by atoms with Crippen LogP contribution in [0.5, 0.6) is 5.75 Å². The number of methoxy groups -OCH3 is 1. The lowest BCUT2D eigenvalue weighted by molar-refractivity contribution is -0.130. The molecule has 0 unspecified atom stereocenters. The highest BCUT2D eigenvalue weighted by Crippen LogP contribution is 2.20. The van der Waals surface area contributed by atoms with Gasteiger partial charge < -0.3 is 9.47 Å². The fraction of sp³-hybridized carbons (Fsp3) is 0.158. The Kier molecular flexibility index (Phi) is 4.70. The van der Waals surface area contributed by atoms with Crippen molar-refractivity contribution in [2.75, 3.05) is 7.11 Å². The van der Waals surface area contributed by atoms with Gasteiger partial charge >= 0.3 is 5.97 Å². The Balaban J connectivity index is 1.69. The van der Waals surface area contributed by atoms with E-state index in [4.69, 9.17) is 9.47 Å². The van der Waals surface area contributed by atoms with Crippen LogP contribution >= 0.6 is 0 Å². The van der Waals surface area contributed by atoms with Gasteiger partial charge in [-0.25, -0.2) is 14.2 Å². The first-order valence-corrected chi connectivity index (χ1v) is 7.54. The average Bonchev–Trinajstić information content (AvgIpc) is 2.95. The zero-order valence-corrected chi connectivity index (χ0v) is 13.2. The van der Waals surface area contributed by atoms with Gasteiger partial charge in [-0.05, 0) is 36.3 Å². The zero-order chi connectivity index (χ0) is 16.9. The third-order valence-electron chi connectivity index (χ3n) is 3.65. The molecular formula is C19H16FNO3. The molecule has 0 N–H and O–H groups in total. The number of benzene rings is 2. The Labute approximate surface area is 139 Å². The van der Waals surface area contributed by atoms with E-state index in [1.54, 1.807) is 25.3 Å². The van der Waals surface area contributed by atoms with Crippen LogP contribution in [0.2, 0.25) is 0 Å². The number of hydrogen-bond acceptors (Lipinski definition) is 4. The molecule has 0 amide bonds. The number of aryl methyl sites for hydroxylation is 1. The number of carbonyl (C=O) groups excluding carboxylic acids is 1. The number of aliphatic imine (C=N–C) groups is 1. The van der Waals surface area contributed by atoms with E-state index in [2.05, 4.69) is 4.99 Å². The number of carbonyl (C=O) groups is 1. The standard InChI is InChI=1S/C19H16FNO3/c1-23-15-9-6-13(7-10-15)8-11-18-21-17(19(22)24-18)12-14-4-2-3-5-16(14)20/h2-7,9-10,12H,8,11H2,1H3/b17-12-. The van der Waals surface area contributed by atoms with Crippen LogP contribution in [0, 0.1) is 5.82 Å². The van der Waals surface area contributed by atoms with Gasteiger partial charge in [-0.3, -0.25) is 0 Å². The number of rotatable bonds is 5. The van der Waals surface area contributed by atoms with Crippen LogP contribution in [0.3, 0.4) is 0 Å². The Hall–Kier alpha value is -2.95. The summed E-state index contributed by atoms with van der Waals surface area (Å²) >= 11 is 0. The van der Waals surface area contributed by atoms with Crippen molar-refractivity contribution in [1.29, 1.82) is 0 Å². The van der Waals surface area contributed by atoms with Gasteiger partial charge in [-0.1, -0.05) is 30.3 Å². The topological polar surface area (TPSA) is 47.9 Å². The minimum absolute atomic E-state index is 0.116. The van der Waals surface area contributed by atoms with Crippen molar-refractivity contribution < 1.29 is 18.7 Å². The second kappa shape index (κ2) is 7.08. The van der Waals surface area contributed by atoms with Crippen molar-refractivity contribution in [2.45, 2.75) is 12.8 Å². The van der Waals surface area contributed by atoms with E-state index in [-0.39, 0.29) is 5.70 Å². The van der Waals surface area contributed by atoms with Crippen molar-refractivity contribution in [2.24, 2.45) is 4.99 Å². The van der Waals surface area contributed by atoms with Crippen LogP contribution in [-0.2, 0) is 16.0 Å². The molecule has 0 aromatic heterocycles. The van der Waals surface area contributed by atoms with Crippen molar-refractivity contribution in [3.05, 3.63) is 71.2 Å². The molecule has 0 spiro atoms. The molecule has 1 heterocycles. The van der Waals surface area contributed by atoms with E-state index in [1.165, 1.54) is 12.1 Å². The number of cyclic esters (lactones) is 1. The molecule has 0 atom stereocenters. The molecule has 2 aromatic rings. The van der Waals surface area contributed by atoms with Crippen LogP contribution in [0.1, 0.15) is 17.5 Å². The Morgan fingerprint density at radius 2 is 1.88 bits per heavy atom. The molecule has 122 valence electrons. The number of halogens is 1. The lowest BCUT2D eigenvalue weighted by Gasteiger charge is -2.03. The summed E-state index contributed by atoms with van der Waals surface area (Å²) in [5.41, 5.74) is 1.51. The molecule has 5 heteroatoms. The summed E-state index contributed by atoms with van der Waals surface area (Å²) in [5, 5.41) is 0. The molecule has 0 radical (unpaired) electrons. The Morgan fingerprint density at radius 3 is 2.58 bits per heavy atom. The summed E-state index contributed by atoms with van der Waals surface area (Å²) in [5.74, 6) is 0.180. The fourth-order valence-electron chi connectivity index (χ4n) is 2.34. The molecule has 3 rings (SSSR count). The summed E-state index contributed by atoms with van der Waals surface area (Å²) in [6.45, 7) is 0. The Bertz CT molecular complexity index is 810. The van der Waals surface area contributed by atoms with Gasteiger partial charge in [-0.15, -0.1) is 0 Å². The first-order valence-electron chi connectivity index (χ1n) is 7.54. The smallest absolute Gasteiger partial charge is 0.363 e. The number of ether oxygens (including phenoxy) is 2. The molecule has 2 aromatic carbocycles. The molecule has 0 bridgehead atoms. The predicted octanol–water partition coefficient (Wildman–Crippen LogP) is 3.76. The maximum atomic E-state index is 13.6. The van der Waals surface area contributed by atoms with Crippen molar-refractivity contribution >= 4 is 17.9 Å². The van der Waals surface area contributed by atoms with Gasteiger partial charge in [0.25, 0.3) is 0 Å². The molecule has 0 fully saturated rings. The average molecular weight is 325 g/mol. The first kappa shape index (κ1) is 15.9.